The van der Waals surface area contributed by atoms with Gasteiger partial charge in [-0.2, -0.15) is 0 Å². The van der Waals surface area contributed by atoms with Crippen molar-refractivity contribution in [2.24, 2.45) is 0 Å². The van der Waals surface area contributed by atoms with E-state index in [-0.39, 0.29) is 52.9 Å². The monoisotopic (exact) mass is 1280 g/mol. The Hall–Kier alpha value is -11.3. The van der Waals surface area contributed by atoms with Gasteiger partial charge in [-0.05, 0) is 164 Å². The first kappa shape index (κ1) is 66.6. The van der Waals surface area contributed by atoms with Crippen molar-refractivity contribution < 1.29 is 43.3 Å². The Kier molecular flexibility index (Phi) is 20.7. The molecule has 3 aliphatic rings. The third-order valence-electron chi connectivity index (χ3n) is 16.7. The molecule has 0 saturated heterocycles. The number of aryl methyl sites for hydroxylation is 3. The highest BCUT2D eigenvalue weighted by atomic mass is 16.5. The van der Waals surface area contributed by atoms with Gasteiger partial charge in [-0.15, -0.1) is 0 Å². The molecule has 0 spiro atoms. The number of ether oxygens (including phenoxy) is 3. The van der Waals surface area contributed by atoms with Gasteiger partial charge in [-0.1, -0.05) is 89.5 Å². The zero-order valence-electron chi connectivity index (χ0n) is 55.0. The number of aromatic carboxylic acids is 1. The van der Waals surface area contributed by atoms with Crippen molar-refractivity contribution in [2.45, 2.75) is 107 Å². The Morgan fingerprint density at radius 2 is 0.832 bits per heavy atom. The Balaban J connectivity index is 0.000000155. The summed E-state index contributed by atoms with van der Waals surface area (Å²) >= 11 is 0. The SMILES string of the molecule is CCN1Cc2c(N[C@@H](C)c3ccc(Oc4ccc(C)cc4)cc3)ncc(C(=O)O)c2C1=O.CCN1Cc2c(cc(N)nc2N[C@@H](C)c2ccc(Oc3ccc(C)cc3)cc2)C1=O.CCN1Cc2c(cc(NC(C)=O)nc2N[C@@H](C)c2ccc(Oc3ccc(C)cc3)cc2)C1=O. The number of nitrogen functional groups attached to an aromatic ring is 1. The first-order valence-corrected chi connectivity index (χ1v) is 31.7. The lowest BCUT2D eigenvalue weighted by Gasteiger charge is -2.19. The number of aromatic nitrogens is 3. The van der Waals surface area contributed by atoms with Crippen LogP contribution in [0.25, 0.3) is 0 Å². The Labute approximate surface area is 553 Å². The van der Waals surface area contributed by atoms with Gasteiger partial charge in [-0.3, -0.25) is 19.2 Å². The maximum Gasteiger partial charge on any atom is 0.338 e. The number of hydrogen-bond acceptors (Lipinski definition) is 15. The van der Waals surface area contributed by atoms with Crippen LogP contribution in [-0.2, 0) is 24.4 Å². The van der Waals surface area contributed by atoms with E-state index in [1.54, 1.807) is 26.8 Å². The van der Waals surface area contributed by atoms with Crippen LogP contribution in [0, 0.1) is 20.8 Å². The molecule has 0 unspecified atom stereocenters. The minimum absolute atomic E-state index is 0.00918. The smallest absolute Gasteiger partial charge is 0.338 e. The molecular formula is C75H79N11O9. The largest absolute Gasteiger partial charge is 0.478 e. The fraction of sp³-hybridized carbons (Fsp3) is 0.253. The van der Waals surface area contributed by atoms with Crippen molar-refractivity contribution in [3.05, 3.63) is 236 Å². The molecule has 20 nitrogen and oxygen atoms in total. The fourth-order valence-corrected chi connectivity index (χ4v) is 11.2. The van der Waals surface area contributed by atoms with Crippen LogP contribution in [0.4, 0.5) is 29.1 Å². The van der Waals surface area contributed by atoms with Crippen molar-refractivity contribution in [3.8, 4) is 34.5 Å². The molecule has 6 heterocycles. The van der Waals surface area contributed by atoms with Gasteiger partial charge < -0.3 is 61.0 Å². The second kappa shape index (κ2) is 29.6. The lowest BCUT2D eigenvalue weighted by Crippen LogP contribution is -2.24. The molecule has 9 aromatic rings. The zero-order chi connectivity index (χ0) is 67.6. The summed E-state index contributed by atoms with van der Waals surface area (Å²) in [6, 6.07) is 50.4. The van der Waals surface area contributed by atoms with E-state index in [1.807, 2.05) is 201 Å². The van der Waals surface area contributed by atoms with Crippen LogP contribution in [0.2, 0.25) is 0 Å². The topological polar surface area (TPSA) is 256 Å². The average molecular weight is 1280 g/mol. The van der Waals surface area contributed by atoms with Crippen molar-refractivity contribution >= 4 is 58.7 Å². The molecule has 488 valence electrons. The number of carboxylic acid groups (broad SMARTS) is 1. The van der Waals surface area contributed by atoms with Gasteiger partial charge in [0.1, 0.15) is 63.6 Å². The first-order chi connectivity index (χ1) is 45.6. The normalized spacial score (nSPS) is 13.6. The molecule has 0 bridgehead atoms. The summed E-state index contributed by atoms with van der Waals surface area (Å²) in [5.41, 5.74) is 16.4. The maximum absolute atomic E-state index is 12.7. The van der Waals surface area contributed by atoms with Crippen LogP contribution in [0.5, 0.6) is 34.5 Å². The van der Waals surface area contributed by atoms with Crippen LogP contribution < -0.4 is 41.2 Å². The van der Waals surface area contributed by atoms with Crippen LogP contribution in [-0.4, -0.2) is 84.0 Å². The number of amides is 4. The number of hydrogen-bond donors (Lipinski definition) is 6. The van der Waals surface area contributed by atoms with Crippen LogP contribution in [0.1, 0.15) is 158 Å². The van der Waals surface area contributed by atoms with E-state index in [4.69, 9.17) is 19.9 Å². The molecule has 0 saturated carbocycles. The summed E-state index contributed by atoms with van der Waals surface area (Å²) in [6.45, 7) is 22.6. The summed E-state index contributed by atoms with van der Waals surface area (Å²) < 4.78 is 17.7. The molecule has 3 aliphatic heterocycles. The number of carboxylic acids is 1. The van der Waals surface area contributed by atoms with Gasteiger partial charge in [0.25, 0.3) is 17.7 Å². The molecule has 12 rings (SSSR count). The average Bonchev–Trinajstić information content (AvgIpc) is 1.66. The molecule has 3 aromatic heterocycles. The number of pyridine rings is 3. The summed E-state index contributed by atoms with van der Waals surface area (Å²) in [5, 5.41) is 22.4. The highest BCUT2D eigenvalue weighted by Gasteiger charge is 2.35. The molecule has 0 radical (unpaired) electrons. The lowest BCUT2D eigenvalue weighted by molar-refractivity contribution is -0.114. The van der Waals surface area contributed by atoms with Crippen LogP contribution in [0.15, 0.2) is 164 Å². The quantitative estimate of drug-likeness (QED) is 0.0415. The first-order valence-electron chi connectivity index (χ1n) is 31.7. The predicted molar refractivity (Wildman–Crippen MR) is 369 cm³/mol. The number of fused-ring (bicyclic) bond motifs is 3. The molecule has 0 fully saturated rings. The Morgan fingerprint density at radius 1 is 0.495 bits per heavy atom. The highest BCUT2D eigenvalue weighted by Crippen LogP contribution is 2.37. The standard InChI is InChI=1S/C26H28N4O3.C25H25N3O4.C24H26N4O2/c1-5-30-15-23-22(26(30)32)14-24(28-18(4)31)29-25(23)27-17(3)19-8-12-21(13-9-19)33-20-10-6-16(2)7-11-20;1-4-28-14-21-22(24(28)29)20(25(30)31)13-26-23(21)27-16(3)17-7-11-19(12-8-17)32-18-9-5-15(2)6-10-18;1-4-28-14-21-20(24(28)29)13-22(25)27-23(21)26-16(3)17-7-11-19(12-8-17)30-18-9-5-15(2)6-10-18/h6-14,17H,5,15H2,1-4H3,(H2,27,28,29,31);5-13,16H,4,14H2,1-3H3,(H,26,27)(H,30,31);5-13,16H,4,14H2,1-3H3,(H3,25,26,27)/t17-;2*16-/m000/s1. The van der Waals surface area contributed by atoms with E-state index in [0.717, 1.165) is 62.3 Å². The van der Waals surface area contributed by atoms with E-state index >= 15 is 0 Å². The van der Waals surface area contributed by atoms with Gasteiger partial charge >= 0.3 is 5.97 Å². The number of carbonyl (C=O) groups is 5. The lowest BCUT2D eigenvalue weighted by atomic mass is 10.0. The van der Waals surface area contributed by atoms with E-state index in [0.29, 0.717) is 85.0 Å². The van der Waals surface area contributed by atoms with Crippen molar-refractivity contribution in [2.75, 3.05) is 46.6 Å². The minimum atomic E-state index is -1.15. The molecule has 20 heteroatoms. The zero-order valence-corrected chi connectivity index (χ0v) is 55.0. The third kappa shape index (κ3) is 16.0. The fourth-order valence-electron chi connectivity index (χ4n) is 11.2. The number of nitrogens with one attached hydrogen (secondary N) is 4. The highest BCUT2D eigenvalue weighted by molar-refractivity contribution is 6.08. The van der Waals surface area contributed by atoms with Crippen LogP contribution >= 0.6 is 0 Å². The number of anilines is 5. The van der Waals surface area contributed by atoms with Gasteiger partial charge in [0, 0.05) is 67.6 Å². The summed E-state index contributed by atoms with van der Waals surface area (Å²) in [6.07, 6.45) is 1.26. The molecule has 0 aliphatic carbocycles. The molecule has 6 aromatic carbocycles. The third-order valence-corrected chi connectivity index (χ3v) is 16.7. The number of rotatable bonds is 20. The number of nitrogens with two attached hydrogens (primary N) is 1. The van der Waals surface area contributed by atoms with E-state index < -0.39 is 5.97 Å². The van der Waals surface area contributed by atoms with Gasteiger partial charge in [-0.25, -0.2) is 19.7 Å². The Morgan fingerprint density at radius 3 is 1.20 bits per heavy atom. The van der Waals surface area contributed by atoms with Crippen molar-refractivity contribution in [1.82, 2.24) is 29.7 Å². The molecule has 95 heavy (non-hydrogen) atoms. The maximum atomic E-state index is 12.7. The van der Waals surface area contributed by atoms with E-state index in [2.05, 4.69) is 43.1 Å². The summed E-state index contributed by atoms with van der Waals surface area (Å²) in [4.78, 5) is 79.6. The van der Waals surface area contributed by atoms with Crippen LogP contribution in [0.3, 0.4) is 0 Å². The van der Waals surface area contributed by atoms with E-state index in [1.165, 1.54) is 29.8 Å². The molecule has 7 N–H and O–H groups in total. The van der Waals surface area contributed by atoms with Gasteiger partial charge in [0.05, 0.1) is 41.9 Å². The second-order valence-electron chi connectivity index (χ2n) is 23.7. The molecule has 3 atom stereocenters. The van der Waals surface area contributed by atoms with Gasteiger partial charge in [0.2, 0.25) is 5.91 Å². The summed E-state index contributed by atoms with van der Waals surface area (Å²) in [7, 11) is 0. The van der Waals surface area contributed by atoms with Crippen molar-refractivity contribution in [1.29, 1.82) is 0 Å². The molecular weight excluding hydrogens is 1200 g/mol. The Bertz CT molecular complexity index is 4260. The number of benzene rings is 6. The van der Waals surface area contributed by atoms with E-state index in [9.17, 15) is 29.1 Å². The number of nitrogens with zero attached hydrogens (tertiary/aromatic N) is 6. The molecule has 4 amide bonds. The second-order valence-corrected chi connectivity index (χ2v) is 23.7. The van der Waals surface area contributed by atoms with Gasteiger partial charge in [0.15, 0.2) is 0 Å². The van der Waals surface area contributed by atoms with Crippen molar-refractivity contribution in [3.63, 3.8) is 0 Å². The number of carbonyl (C=O) groups excluding carboxylic acids is 4. The predicted octanol–water partition coefficient (Wildman–Crippen LogP) is 15.2. The summed E-state index contributed by atoms with van der Waals surface area (Å²) in [5.74, 6) is 5.47. The minimum Gasteiger partial charge on any atom is -0.478 e.